The Morgan fingerprint density at radius 1 is 1.05 bits per heavy atom. The van der Waals surface area contributed by atoms with Crippen LogP contribution in [0.25, 0.3) is 0 Å². The van der Waals surface area contributed by atoms with Crippen molar-refractivity contribution in [3.63, 3.8) is 0 Å². The Bertz CT molecular complexity index is 673. The molecule has 2 aromatic carbocycles. The number of nitrogens with zero attached hydrogens (tertiary/aromatic N) is 1. The van der Waals surface area contributed by atoms with Crippen LogP contribution in [0, 0.1) is 0 Å². The highest BCUT2D eigenvalue weighted by atomic mass is 35.5. The maximum absolute atomic E-state index is 12.2. The summed E-state index contributed by atoms with van der Waals surface area (Å²) < 4.78 is 5.52. The average Bonchev–Trinajstić information content (AvgIpc) is 2.62. The highest BCUT2D eigenvalue weighted by Gasteiger charge is 2.23. The van der Waals surface area contributed by atoms with Crippen molar-refractivity contribution < 1.29 is 9.53 Å². The molecule has 5 heteroatoms. The van der Waals surface area contributed by atoms with Gasteiger partial charge in [0.15, 0.2) is 6.61 Å². The Balaban J connectivity index is 1.99. The van der Waals surface area contributed by atoms with Gasteiger partial charge in [0.2, 0.25) is 0 Å². The summed E-state index contributed by atoms with van der Waals surface area (Å²) in [5.41, 5.74) is 1.68. The summed E-state index contributed by atoms with van der Waals surface area (Å²) in [5, 5.41) is 0.893. The number of anilines is 1. The summed E-state index contributed by atoms with van der Waals surface area (Å²) in [6.07, 6.45) is 0. The van der Waals surface area contributed by atoms with Gasteiger partial charge in [-0.05, 0) is 24.3 Å². The zero-order chi connectivity index (χ0) is 14.1. The lowest BCUT2D eigenvalue weighted by molar-refractivity contribution is -0.120. The first-order valence-corrected chi connectivity index (χ1v) is 6.87. The van der Waals surface area contributed by atoms with Crippen LogP contribution in [0.4, 0.5) is 5.69 Å². The predicted octanol–water partition coefficient (Wildman–Crippen LogP) is 3.92. The topological polar surface area (TPSA) is 29.5 Å². The molecule has 0 aliphatic carbocycles. The molecular weight excluding hydrogens is 297 g/mol. The van der Waals surface area contributed by atoms with Crippen LogP contribution in [0.1, 0.15) is 5.56 Å². The predicted molar refractivity (Wildman–Crippen MR) is 79.6 cm³/mol. The number of hydrogen-bond donors (Lipinski definition) is 0. The summed E-state index contributed by atoms with van der Waals surface area (Å²) in [5.74, 6) is 0.628. The van der Waals surface area contributed by atoms with Gasteiger partial charge in [-0.25, -0.2) is 0 Å². The number of carbonyl (C=O) groups excluding carboxylic acids is 1. The fraction of sp³-hybridized carbons (Fsp3) is 0.133. The van der Waals surface area contributed by atoms with E-state index in [2.05, 4.69) is 0 Å². The van der Waals surface area contributed by atoms with Gasteiger partial charge >= 0.3 is 0 Å². The van der Waals surface area contributed by atoms with Gasteiger partial charge in [0.05, 0.1) is 16.6 Å². The molecule has 1 heterocycles. The molecular formula is C15H11Cl2NO2. The standard InChI is InChI=1S/C15H11Cl2NO2/c16-12-6-5-11(7-13(12)17)18-8-10-3-1-2-4-14(10)20-9-15(18)19/h1-7H,8-9H2. The van der Waals surface area contributed by atoms with Gasteiger partial charge in [0, 0.05) is 11.3 Å². The maximum atomic E-state index is 12.2. The normalized spacial score (nSPS) is 14.5. The van der Waals surface area contributed by atoms with Crippen molar-refractivity contribution >= 4 is 34.8 Å². The van der Waals surface area contributed by atoms with Gasteiger partial charge < -0.3 is 9.64 Å². The zero-order valence-corrected chi connectivity index (χ0v) is 12.0. The zero-order valence-electron chi connectivity index (χ0n) is 10.5. The molecule has 0 saturated carbocycles. The van der Waals surface area contributed by atoms with E-state index in [-0.39, 0.29) is 12.5 Å². The van der Waals surface area contributed by atoms with Crippen molar-refractivity contribution in [3.05, 3.63) is 58.1 Å². The number of hydrogen-bond acceptors (Lipinski definition) is 2. The molecule has 0 fully saturated rings. The summed E-state index contributed by atoms with van der Waals surface area (Å²) in [4.78, 5) is 13.9. The van der Waals surface area contributed by atoms with Crippen LogP contribution >= 0.6 is 23.2 Å². The molecule has 0 unspecified atom stereocenters. The molecule has 3 nitrogen and oxygen atoms in total. The van der Waals surface area contributed by atoms with E-state index < -0.39 is 0 Å². The molecule has 1 aliphatic heterocycles. The van der Waals surface area contributed by atoms with Crippen molar-refractivity contribution in [2.24, 2.45) is 0 Å². The lowest BCUT2D eigenvalue weighted by atomic mass is 10.2. The number of fused-ring (bicyclic) bond motifs is 1. The van der Waals surface area contributed by atoms with Gasteiger partial charge in [-0.15, -0.1) is 0 Å². The Morgan fingerprint density at radius 2 is 1.85 bits per heavy atom. The van der Waals surface area contributed by atoms with E-state index in [1.165, 1.54) is 0 Å². The number of rotatable bonds is 1. The van der Waals surface area contributed by atoms with Crippen molar-refractivity contribution in [3.8, 4) is 5.75 Å². The third-order valence-corrected chi connectivity index (χ3v) is 3.91. The maximum Gasteiger partial charge on any atom is 0.265 e. The van der Waals surface area contributed by atoms with Crippen LogP contribution < -0.4 is 9.64 Å². The van der Waals surface area contributed by atoms with E-state index in [4.69, 9.17) is 27.9 Å². The second-order valence-corrected chi connectivity index (χ2v) is 5.29. The first-order chi connectivity index (χ1) is 9.65. The van der Waals surface area contributed by atoms with E-state index in [1.54, 1.807) is 23.1 Å². The van der Waals surface area contributed by atoms with Gasteiger partial charge in [0.1, 0.15) is 5.75 Å². The Labute approximate surface area is 126 Å². The Kier molecular flexibility index (Phi) is 3.55. The fourth-order valence-electron chi connectivity index (χ4n) is 2.14. The van der Waals surface area contributed by atoms with E-state index in [0.717, 1.165) is 11.3 Å². The molecule has 3 rings (SSSR count). The second-order valence-electron chi connectivity index (χ2n) is 4.47. The summed E-state index contributed by atoms with van der Waals surface area (Å²) >= 11 is 11.9. The molecule has 0 N–H and O–H groups in total. The minimum absolute atomic E-state index is 0.0112. The van der Waals surface area contributed by atoms with Crippen molar-refractivity contribution in [2.45, 2.75) is 6.54 Å². The number of benzene rings is 2. The van der Waals surface area contributed by atoms with Crippen molar-refractivity contribution in [2.75, 3.05) is 11.5 Å². The average molecular weight is 308 g/mol. The quantitative estimate of drug-likeness (QED) is 0.799. The lowest BCUT2D eigenvalue weighted by Gasteiger charge is -2.20. The van der Waals surface area contributed by atoms with Crippen LogP contribution in [0.15, 0.2) is 42.5 Å². The third-order valence-electron chi connectivity index (χ3n) is 3.17. The first-order valence-electron chi connectivity index (χ1n) is 6.11. The van der Waals surface area contributed by atoms with E-state index in [0.29, 0.717) is 22.3 Å². The summed E-state index contributed by atoms with van der Waals surface area (Å²) in [6.45, 7) is 0.463. The fourth-order valence-corrected chi connectivity index (χ4v) is 2.43. The van der Waals surface area contributed by atoms with Gasteiger partial charge in [0.25, 0.3) is 5.91 Å². The molecule has 102 valence electrons. The third kappa shape index (κ3) is 2.47. The van der Waals surface area contributed by atoms with Gasteiger partial charge in [-0.1, -0.05) is 41.4 Å². The lowest BCUT2D eigenvalue weighted by Crippen LogP contribution is -2.32. The smallest absolute Gasteiger partial charge is 0.265 e. The minimum atomic E-state index is -0.111. The minimum Gasteiger partial charge on any atom is -0.483 e. The molecule has 0 atom stereocenters. The SMILES string of the molecule is O=C1COc2ccccc2CN1c1ccc(Cl)c(Cl)c1. The molecule has 1 amide bonds. The molecule has 0 spiro atoms. The van der Waals surface area contributed by atoms with Crippen molar-refractivity contribution in [1.82, 2.24) is 0 Å². The van der Waals surface area contributed by atoms with Crippen LogP contribution in [0.3, 0.4) is 0 Å². The van der Waals surface area contributed by atoms with Crippen LogP contribution in [-0.4, -0.2) is 12.5 Å². The number of halogens is 2. The van der Waals surface area contributed by atoms with Crippen LogP contribution in [0.5, 0.6) is 5.75 Å². The number of amides is 1. The molecule has 0 aromatic heterocycles. The number of carbonyl (C=O) groups is 1. The molecule has 0 radical (unpaired) electrons. The molecule has 0 saturated heterocycles. The van der Waals surface area contributed by atoms with E-state index in [9.17, 15) is 4.79 Å². The van der Waals surface area contributed by atoms with Crippen molar-refractivity contribution in [1.29, 1.82) is 0 Å². The Morgan fingerprint density at radius 3 is 2.65 bits per heavy atom. The highest BCUT2D eigenvalue weighted by molar-refractivity contribution is 6.42. The monoisotopic (exact) mass is 307 g/mol. The number of para-hydroxylation sites is 1. The molecule has 20 heavy (non-hydrogen) atoms. The Hall–Kier alpha value is -1.71. The van der Waals surface area contributed by atoms with Crippen LogP contribution in [-0.2, 0) is 11.3 Å². The first kappa shape index (κ1) is 13.3. The molecule has 0 bridgehead atoms. The van der Waals surface area contributed by atoms with E-state index >= 15 is 0 Å². The van der Waals surface area contributed by atoms with Gasteiger partial charge in [-0.2, -0.15) is 0 Å². The summed E-state index contributed by atoms with van der Waals surface area (Å²) in [6, 6.07) is 12.8. The van der Waals surface area contributed by atoms with Crippen LogP contribution in [0.2, 0.25) is 10.0 Å². The molecule has 2 aromatic rings. The molecule has 1 aliphatic rings. The largest absolute Gasteiger partial charge is 0.483 e. The second kappa shape index (κ2) is 5.35. The summed E-state index contributed by atoms with van der Waals surface area (Å²) in [7, 11) is 0. The highest BCUT2D eigenvalue weighted by Crippen LogP contribution is 2.30. The number of ether oxygens (including phenoxy) is 1. The van der Waals surface area contributed by atoms with Gasteiger partial charge in [-0.3, -0.25) is 4.79 Å². The van der Waals surface area contributed by atoms with E-state index in [1.807, 2.05) is 24.3 Å².